The van der Waals surface area contributed by atoms with Crippen molar-refractivity contribution in [3.05, 3.63) is 109 Å². The molecule has 0 saturated heterocycles. The normalized spacial score (nSPS) is 10.8. The first-order chi connectivity index (χ1) is 16.7. The molecule has 0 aliphatic heterocycles. The maximum atomic E-state index is 12.3. The molecule has 2 aromatic carbocycles. The Hall–Kier alpha value is -4.52. The molecule has 0 unspecified atom stereocenters. The fraction of sp³-hybridized carbons (Fsp3) is 0.111. The molecule has 4 rings (SSSR count). The molecule has 0 bridgehead atoms. The second-order valence-electron chi connectivity index (χ2n) is 7.59. The van der Waals surface area contributed by atoms with Gasteiger partial charge >= 0.3 is 0 Å². The van der Waals surface area contributed by atoms with Crippen LogP contribution in [0.3, 0.4) is 0 Å². The zero-order valence-electron chi connectivity index (χ0n) is 18.6. The monoisotopic (exact) mass is 451 g/mol. The lowest BCUT2D eigenvalue weighted by atomic mass is 10.1. The standard InChI is InChI=1S/C27H25N5O2/c33-25(29-16-17-30-26(34)18-21-8-3-1-4-9-21)14-13-23-20-32(24-11-5-2-6-12-24)31-27(23)22-10-7-15-28-19-22/h1-15,19-20H,16-18H2,(H,29,33)(H,30,34)/b14-13+. The van der Waals surface area contributed by atoms with Gasteiger partial charge < -0.3 is 10.6 Å². The van der Waals surface area contributed by atoms with Gasteiger partial charge in [-0.05, 0) is 35.9 Å². The van der Waals surface area contributed by atoms with Crippen molar-refractivity contribution in [3.63, 3.8) is 0 Å². The van der Waals surface area contributed by atoms with E-state index in [1.807, 2.05) is 79.0 Å². The number of hydrogen-bond acceptors (Lipinski definition) is 4. The zero-order chi connectivity index (χ0) is 23.6. The summed E-state index contributed by atoms with van der Waals surface area (Å²) in [7, 11) is 0. The maximum absolute atomic E-state index is 12.3. The summed E-state index contributed by atoms with van der Waals surface area (Å²) < 4.78 is 1.78. The Morgan fingerprint density at radius 1 is 0.882 bits per heavy atom. The van der Waals surface area contributed by atoms with Gasteiger partial charge in [0.05, 0.1) is 12.1 Å². The number of carbonyl (C=O) groups is 2. The fourth-order valence-electron chi connectivity index (χ4n) is 3.41. The molecule has 7 heteroatoms. The smallest absolute Gasteiger partial charge is 0.244 e. The molecule has 0 saturated carbocycles. The predicted octanol–water partition coefficient (Wildman–Crippen LogP) is 3.42. The summed E-state index contributed by atoms with van der Waals surface area (Å²) in [6, 6.07) is 23.1. The molecule has 7 nitrogen and oxygen atoms in total. The van der Waals surface area contributed by atoms with Gasteiger partial charge in [-0.15, -0.1) is 0 Å². The molecule has 0 atom stereocenters. The molecule has 2 N–H and O–H groups in total. The Labute approximate surface area is 198 Å². The molecule has 34 heavy (non-hydrogen) atoms. The van der Waals surface area contributed by atoms with Crippen molar-refractivity contribution in [2.75, 3.05) is 13.1 Å². The molecule has 170 valence electrons. The zero-order valence-corrected chi connectivity index (χ0v) is 18.6. The van der Waals surface area contributed by atoms with Crippen molar-refractivity contribution in [2.45, 2.75) is 6.42 Å². The Morgan fingerprint density at radius 3 is 2.35 bits per heavy atom. The summed E-state index contributed by atoms with van der Waals surface area (Å²) in [6.07, 6.45) is 8.85. The number of benzene rings is 2. The molecular formula is C27H25N5O2. The van der Waals surface area contributed by atoms with E-state index in [-0.39, 0.29) is 11.8 Å². The quantitative estimate of drug-likeness (QED) is 0.301. The number of rotatable bonds is 9. The second-order valence-corrected chi connectivity index (χ2v) is 7.59. The van der Waals surface area contributed by atoms with Gasteiger partial charge in [-0.2, -0.15) is 5.10 Å². The fourth-order valence-corrected chi connectivity index (χ4v) is 3.41. The van der Waals surface area contributed by atoms with E-state index in [0.29, 0.717) is 19.5 Å². The molecule has 0 aliphatic carbocycles. The summed E-state index contributed by atoms with van der Waals surface area (Å²) in [4.78, 5) is 28.5. The van der Waals surface area contributed by atoms with Gasteiger partial charge in [0.1, 0.15) is 5.69 Å². The minimum Gasteiger partial charge on any atom is -0.354 e. The van der Waals surface area contributed by atoms with Gasteiger partial charge in [-0.1, -0.05) is 48.5 Å². The second kappa shape index (κ2) is 11.4. The van der Waals surface area contributed by atoms with E-state index >= 15 is 0 Å². The van der Waals surface area contributed by atoms with Crippen LogP contribution in [0, 0.1) is 0 Å². The lowest BCUT2D eigenvalue weighted by Gasteiger charge is -2.06. The largest absolute Gasteiger partial charge is 0.354 e. The third-order valence-electron chi connectivity index (χ3n) is 5.07. The number of amides is 2. The van der Waals surface area contributed by atoms with E-state index in [0.717, 1.165) is 28.1 Å². The summed E-state index contributed by atoms with van der Waals surface area (Å²) >= 11 is 0. The Kier molecular flexibility index (Phi) is 7.58. The van der Waals surface area contributed by atoms with Crippen LogP contribution >= 0.6 is 0 Å². The first kappa shape index (κ1) is 22.7. The summed E-state index contributed by atoms with van der Waals surface area (Å²) in [5, 5.41) is 10.3. The summed E-state index contributed by atoms with van der Waals surface area (Å²) in [5.74, 6) is -0.327. The highest BCUT2D eigenvalue weighted by Crippen LogP contribution is 2.24. The van der Waals surface area contributed by atoms with Gasteiger partial charge in [-0.3, -0.25) is 14.6 Å². The van der Waals surface area contributed by atoms with Crippen LogP contribution in [-0.4, -0.2) is 39.7 Å². The van der Waals surface area contributed by atoms with E-state index < -0.39 is 0 Å². The maximum Gasteiger partial charge on any atom is 0.244 e. The van der Waals surface area contributed by atoms with Gasteiger partial charge in [0, 0.05) is 48.9 Å². The summed E-state index contributed by atoms with van der Waals surface area (Å²) in [5.41, 5.74) is 4.26. The third-order valence-corrected chi connectivity index (χ3v) is 5.07. The van der Waals surface area contributed by atoms with Crippen molar-refractivity contribution in [3.8, 4) is 16.9 Å². The molecule has 0 radical (unpaired) electrons. The number of para-hydroxylation sites is 1. The highest BCUT2D eigenvalue weighted by Gasteiger charge is 2.11. The highest BCUT2D eigenvalue weighted by atomic mass is 16.2. The van der Waals surface area contributed by atoms with Crippen molar-refractivity contribution in [1.29, 1.82) is 0 Å². The van der Waals surface area contributed by atoms with Crippen molar-refractivity contribution in [2.24, 2.45) is 0 Å². The first-order valence-corrected chi connectivity index (χ1v) is 11.0. The van der Waals surface area contributed by atoms with E-state index in [4.69, 9.17) is 5.10 Å². The highest BCUT2D eigenvalue weighted by molar-refractivity contribution is 5.92. The molecule has 2 aromatic heterocycles. The topological polar surface area (TPSA) is 88.9 Å². The van der Waals surface area contributed by atoms with Gasteiger partial charge in [0.2, 0.25) is 11.8 Å². The van der Waals surface area contributed by atoms with E-state index in [1.54, 1.807) is 23.2 Å². The third kappa shape index (κ3) is 6.26. The van der Waals surface area contributed by atoms with Crippen LogP contribution in [0.1, 0.15) is 11.1 Å². The van der Waals surface area contributed by atoms with E-state index in [9.17, 15) is 9.59 Å². The van der Waals surface area contributed by atoms with Crippen LogP contribution in [0.5, 0.6) is 0 Å². The SMILES string of the molecule is O=C(/C=C/c1cn(-c2ccccc2)nc1-c1cccnc1)NCCNC(=O)Cc1ccccc1. The Morgan fingerprint density at radius 2 is 1.62 bits per heavy atom. The Bertz CT molecular complexity index is 1250. The average molecular weight is 452 g/mol. The molecule has 0 fully saturated rings. The molecular weight excluding hydrogens is 426 g/mol. The van der Waals surface area contributed by atoms with Gasteiger partial charge in [0.25, 0.3) is 0 Å². The molecule has 4 aromatic rings. The lowest BCUT2D eigenvalue weighted by Crippen LogP contribution is -2.34. The molecule has 2 amide bonds. The van der Waals surface area contributed by atoms with Gasteiger partial charge in [0.15, 0.2) is 0 Å². The van der Waals surface area contributed by atoms with Crippen molar-refractivity contribution in [1.82, 2.24) is 25.4 Å². The van der Waals surface area contributed by atoms with Crippen molar-refractivity contribution >= 4 is 17.9 Å². The molecule has 0 spiro atoms. The molecule has 2 heterocycles. The molecule has 0 aliphatic rings. The first-order valence-electron chi connectivity index (χ1n) is 11.0. The number of pyridine rings is 1. The minimum absolute atomic E-state index is 0.0783. The predicted molar refractivity (Wildman–Crippen MR) is 132 cm³/mol. The van der Waals surface area contributed by atoms with Crippen molar-refractivity contribution < 1.29 is 9.59 Å². The number of nitrogens with zero attached hydrogens (tertiary/aromatic N) is 3. The van der Waals surface area contributed by atoms with Crippen LogP contribution in [0.15, 0.2) is 97.5 Å². The minimum atomic E-state index is -0.248. The van der Waals surface area contributed by atoms with Crippen LogP contribution in [0.2, 0.25) is 0 Å². The van der Waals surface area contributed by atoms with E-state index in [1.165, 1.54) is 6.08 Å². The Balaban J connectivity index is 1.35. The van der Waals surface area contributed by atoms with Crippen LogP contribution in [0.25, 0.3) is 23.0 Å². The average Bonchev–Trinajstić information content (AvgIpc) is 3.31. The number of aromatic nitrogens is 3. The number of carbonyl (C=O) groups excluding carboxylic acids is 2. The lowest BCUT2D eigenvalue weighted by molar-refractivity contribution is -0.121. The number of hydrogen-bond donors (Lipinski definition) is 2. The number of nitrogens with one attached hydrogen (secondary N) is 2. The van der Waals surface area contributed by atoms with E-state index in [2.05, 4.69) is 15.6 Å². The van der Waals surface area contributed by atoms with Crippen LogP contribution in [0.4, 0.5) is 0 Å². The van der Waals surface area contributed by atoms with Gasteiger partial charge in [-0.25, -0.2) is 4.68 Å². The van der Waals surface area contributed by atoms with Crippen LogP contribution < -0.4 is 10.6 Å². The summed E-state index contributed by atoms with van der Waals surface area (Å²) in [6.45, 7) is 0.695. The van der Waals surface area contributed by atoms with Crippen LogP contribution in [-0.2, 0) is 16.0 Å².